The van der Waals surface area contributed by atoms with Gasteiger partial charge in [-0.1, -0.05) is 34.1 Å². The van der Waals surface area contributed by atoms with Crippen LogP contribution in [0.3, 0.4) is 0 Å². The van der Waals surface area contributed by atoms with Gasteiger partial charge in [-0.25, -0.2) is 9.67 Å². The number of nitrogens with zero attached hydrogens (tertiary/aromatic N) is 7. The van der Waals surface area contributed by atoms with E-state index in [0.29, 0.717) is 34.3 Å². The van der Waals surface area contributed by atoms with Crippen LogP contribution in [-0.2, 0) is 26.4 Å². The van der Waals surface area contributed by atoms with Crippen molar-refractivity contribution in [2.45, 2.75) is 19.4 Å². The maximum Gasteiger partial charge on any atom is 0.281 e. The van der Waals surface area contributed by atoms with Gasteiger partial charge in [-0.05, 0) is 24.1 Å². The standard InChI is InChI=1S/C16H14ClN7O2/c1-23-14-15(20-22-23)18-9-24(16(14)25)8-12-19-13(26-21-12)7-4-10-2-5-11(17)6-3-10/h2-3,5-6,9H,4,7-8H2,1H3. The largest absolute Gasteiger partial charge is 0.339 e. The van der Waals surface area contributed by atoms with Crippen molar-refractivity contribution in [3.63, 3.8) is 0 Å². The lowest BCUT2D eigenvalue weighted by Crippen LogP contribution is -2.23. The Morgan fingerprint density at radius 1 is 1.19 bits per heavy atom. The molecule has 0 bridgehead atoms. The quantitative estimate of drug-likeness (QED) is 0.522. The molecule has 3 heterocycles. The number of halogens is 1. The number of benzene rings is 1. The van der Waals surface area contributed by atoms with Crippen molar-refractivity contribution in [3.05, 3.63) is 63.2 Å². The van der Waals surface area contributed by atoms with Crippen molar-refractivity contribution >= 4 is 22.8 Å². The fourth-order valence-corrected chi connectivity index (χ4v) is 2.73. The molecule has 0 atom stereocenters. The molecule has 0 aliphatic rings. The van der Waals surface area contributed by atoms with E-state index in [2.05, 4.69) is 25.4 Å². The van der Waals surface area contributed by atoms with E-state index in [1.165, 1.54) is 15.6 Å². The van der Waals surface area contributed by atoms with Gasteiger partial charge in [-0.2, -0.15) is 4.98 Å². The molecule has 0 unspecified atom stereocenters. The summed E-state index contributed by atoms with van der Waals surface area (Å²) in [5.74, 6) is 0.925. The minimum atomic E-state index is -0.255. The number of fused-ring (bicyclic) bond motifs is 1. The molecule has 4 aromatic rings. The smallest absolute Gasteiger partial charge is 0.281 e. The van der Waals surface area contributed by atoms with Crippen molar-refractivity contribution in [1.29, 1.82) is 0 Å². The minimum absolute atomic E-state index is 0.164. The number of aryl methyl sites for hydroxylation is 3. The molecule has 132 valence electrons. The van der Waals surface area contributed by atoms with Crippen molar-refractivity contribution in [3.8, 4) is 0 Å². The Morgan fingerprint density at radius 3 is 2.81 bits per heavy atom. The third-order valence-electron chi connectivity index (χ3n) is 3.95. The molecule has 0 radical (unpaired) electrons. The third-order valence-corrected chi connectivity index (χ3v) is 4.21. The Hall–Kier alpha value is -3.07. The van der Waals surface area contributed by atoms with Crippen LogP contribution in [0.15, 0.2) is 39.9 Å². The molecule has 3 aromatic heterocycles. The normalized spacial score (nSPS) is 11.3. The summed E-state index contributed by atoms with van der Waals surface area (Å²) in [6.07, 6.45) is 2.77. The predicted molar refractivity (Wildman–Crippen MR) is 92.8 cm³/mol. The first-order chi connectivity index (χ1) is 12.6. The topological polar surface area (TPSA) is 105 Å². The molecule has 0 fully saturated rings. The second-order valence-electron chi connectivity index (χ2n) is 5.79. The highest BCUT2D eigenvalue weighted by Gasteiger charge is 2.13. The summed E-state index contributed by atoms with van der Waals surface area (Å²) in [5, 5.41) is 12.3. The molecule has 4 rings (SSSR count). The number of aromatic nitrogens is 7. The van der Waals surface area contributed by atoms with Gasteiger partial charge in [0.2, 0.25) is 11.5 Å². The summed E-state index contributed by atoms with van der Waals surface area (Å²) < 4.78 is 8.07. The zero-order chi connectivity index (χ0) is 18.1. The first-order valence-corrected chi connectivity index (χ1v) is 8.28. The van der Waals surface area contributed by atoms with E-state index in [-0.39, 0.29) is 12.1 Å². The predicted octanol–water partition coefficient (Wildman–Crippen LogP) is 1.39. The highest BCUT2D eigenvalue weighted by molar-refractivity contribution is 6.30. The van der Waals surface area contributed by atoms with Gasteiger partial charge in [-0.15, -0.1) is 5.10 Å². The van der Waals surface area contributed by atoms with Gasteiger partial charge in [0, 0.05) is 18.5 Å². The van der Waals surface area contributed by atoms with E-state index in [9.17, 15) is 4.79 Å². The van der Waals surface area contributed by atoms with Crippen LogP contribution in [0.2, 0.25) is 5.02 Å². The summed E-state index contributed by atoms with van der Waals surface area (Å²) in [7, 11) is 1.64. The minimum Gasteiger partial charge on any atom is -0.339 e. The molecular weight excluding hydrogens is 358 g/mol. The van der Waals surface area contributed by atoms with Crippen molar-refractivity contribution < 1.29 is 4.52 Å². The van der Waals surface area contributed by atoms with Gasteiger partial charge in [0.05, 0.1) is 6.54 Å². The van der Waals surface area contributed by atoms with E-state index >= 15 is 0 Å². The maximum atomic E-state index is 12.5. The molecule has 0 aliphatic heterocycles. The lowest BCUT2D eigenvalue weighted by atomic mass is 10.1. The van der Waals surface area contributed by atoms with Gasteiger partial charge in [0.25, 0.3) is 5.56 Å². The Balaban J connectivity index is 1.48. The fourth-order valence-electron chi connectivity index (χ4n) is 2.60. The van der Waals surface area contributed by atoms with E-state index in [0.717, 1.165) is 12.0 Å². The molecule has 1 aromatic carbocycles. The van der Waals surface area contributed by atoms with Crippen LogP contribution < -0.4 is 5.56 Å². The van der Waals surface area contributed by atoms with Crippen LogP contribution in [0.4, 0.5) is 0 Å². The van der Waals surface area contributed by atoms with E-state index in [4.69, 9.17) is 16.1 Å². The second kappa shape index (κ2) is 6.68. The SMILES string of the molecule is Cn1nnc2ncn(Cc3noc(CCc4ccc(Cl)cc4)n3)c(=O)c21. The molecule has 0 saturated carbocycles. The molecule has 0 amide bonds. The van der Waals surface area contributed by atoms with Crippen molar-refractivity contribution in [2.24, 2.45) is 7.05 Å². The number of hydrogen-bond acceptors (Lipinski definition) is 7. The number of rotatable bonds is 5. The van der Waals surface area contributed by atoms with Crippen LogP contribution in [0.5, 0.6) is 0 Å². The Bertz CT molecular complexity index is 1110. The summed E-state index contributed by atoms with van der Waals surface area (Å²) in [5.41, 5.74) is 1.52. The highest BCUT2D eigenvalue weighted by atomic mass is 35.5. The van der Waals surface area contributed by atoms with Gasteiger partial charge in [0.1, 0.15) is 6.33 Å². The fraction of sp³-hybridized carbons (Fsp3) is 0.250. The molecule has 0 aliphatic carbocycles. The molecule has 26 heavy (non-hydrogen) atoms. The summed E-state index contributed by atoms with van der Waals surface area (Å²) in [6.45, 7) is 0.164. The average molecular weight is 372 g/mol. The van der Waals surface area contributed by atoms with Gasteiger partial charge < -0.3 is 4.52 Å². The molecular formula is C16H14ClN7O2. The second-order valence-corrected chi connectivity index (χ2v) is 6.23. The van der Waals surface area contributed by atoms with E-state index in [1.54, 1.807) is 7.05 Å². The summed E-state index contributed by atoms with van der Waals surface area (Å²) >= 11 is 5.88. The third kappa shape index (κ3) is 3.21. The zero-order valence-corrected chi connectivity index (χ0v) is 14.6. The van der Waals surface area contributed by atoms with Crippen LogP contribution in [-0.4, -0.2) is 34.7 Å². The van der Waals surface area contributed by atoms with Crippen LogP contribution in [0, 0.1) is 0 Å². The van der Waals surface area contributed by atoms with Crippen molar-refractivity contribution in [1.82, 2.24) is 34.7 Å². The Morgan fingerprint density at radius 2 is 2.00 bits per heavy atom. The molecule has 0 spiro atoms. The van der Waals surface area contributed by atoms with E-state index in [1.807, 2.05) is 24.3 Å². The van der Waals surface area contributed by atoms with Crippen LogP contribution in [0.1, 0.15) is 17.3 Å². The molecule has 0 saturated heterocycles. The Labute approximate surface area is 152 Å². The zero-order valence-electron chi connectivity index (χ0n) is 13.8. The van der Waals surface area contributed by atoms with Crippen LogP contribution >= 0.6 is 11.6 Å². The van der Waals surface area contributed by atoms with Crippen LogP contribution in [0.25, 0.3) is 11.2 Å². The number of hydrogen-bond donors (Lipinski definition) is 0. The monoisotopic (exact) mass is 371 g/mol. The van der Waals surface area contributed by atoms with Gasteiger partial charge >= 0.3 is 0 Å². The lowest BCUT2D eigenvalue weighted by Gasteiger charge is -2.01. The first-order valence-electron chi connectivity index (χ1n) is 7.91. The maximum absolute atomic E-state index is 12.5. The molecule has 10 heteroatoms. The molecule has 0 N–H and O–H groups in total. The van der Waals surface area contributed by atoms with E-state index < -0.39 is 0 Å². The Kier molecular flexibility index (Phi) is 4.21. The summed E-state index contributed by atoms with van der Waals surface area (Å²) in [4.78, 5) is 20.9. The lowest BCUT2D eigenvalue weighted by molar-refractivity contribution is 0.371. The van der Waals surface area contributed by atoms with Crippen molar-refractivity contribution in [2.75, 3.05) is 0 Å². The molecule has 9 nitrogen and oxygen atoms in total. The highest BCUT2D eigenvalue weighted by Crippen LogP contribution is 2.12. The van der Waals surface area contributed by atoms with Gasteiger partial charge in [-0.3, -0.25) is 9.36 Å². The average Bonchev–Trinajstić information content (AvgIpc) is 3.24. The summed E-state index contributed by atoms with van der Waals surface area (Å²) in [6, 6.07) is 7.61. The first kappa shape index (κ1) is 16.4. The van der Waals surface area contributed by atoms with Gasteiger partial charge in [0.15, 0.2) is 11.3 Å².